The van der Waals surface area contributed by atoms with Crippen LogP contribution in [0.3, 0.4) is 0 Å². The Morgan fingerprint density at radius 1 is 1.33 bits per heavy atom. The Morgan fingerprint density at radius 3 is 2.08 bits per heavy atom. The van der Waals surface area contributed by atoms with Gasteiger partial charge in [0.05, 0.1) is 0 Å². The first kappa shape index (κ1) is 11.6. The van der Waals surface area contributed by atoms with Crippen LogP contribution in [0.2, 0.25) is 0 Å². The average Bonchev–Trinajstić information content (AvgIpc) is 1.99. The molecular weight excluding hydrogens is 183 g/mol. The number of hydrogen-bond donors (Lipinski definition) is 0. The van der Waals surface area contributed by atoms with E-state index in [1.807, 2.05) is 0 Å². The molecule has 1 atom stereocenters. The number of rotatable bonds is 5. The Bertz CT molecular complexity index is 127. The molecule has 0 bridgehead atoms. The van der Waals surface area contributed by atoms with Crippen molar-refractivity contribution in [3.8, 4) is 0 Å². The van der Waals surface area contributed by atoms with Crippen molar-refractivity contribution in [2.45, 2.75) is 25.4 Å². The summed E-state index contributed by atoms with van der Waals surface area (Å²) in [6, 6.07) is 0. The van der Waals surface area contributed by atoms with Crippen molar-refractivity contribution in [1.29, 1.82) is 0 Å². The molecule has 0 N–H and O–H groups in total. The maximum absolute atomic E-state index is 12.3. The van der Waals surface area contributed by atoms with Crippen molar-refractivity contribution in [1.82, 2.24) is 0 Å². The fourth-order valence-electron chi connectivity index (χ4n) is 0.600. The van der Waals surface area contributed by atoms with Crippen LogP contribution in [0.25, 0.3) is 0 Å². The Balaban J connectivity index is 4.25. The second kappa shape index (κ2) is 4.59. The predicted octanol–water partition coefficient (Wildman–Crippen LogP) is 2.26. The Hall–Kier alpha value is -0.390. The molecule has 0 heterocycles. The molecular formula is C6H9F5O. The van der Waals surface area contributed by atoms with Crippen molar-refractivity contribution in [3.05, 3.63) is 0 Å². The summed E-state index contributed by atoms with van der Waals surface area (Å²) in [5.74, 6) is -4.41. The zero-order valence-electron chi connectivity index (χ0n) is 6.37. The van der Waals surface area contributed by atoms with Gasteiger partial charge < -0.3 is 4.74 Å². The molecule has 0 aromatic carbocycles. The van der Waals surface area contributed by atoms with E-state index < -0.39 is 25.1 Å². The average molecular weight is 192 g/mol. The molecule has 0 aliphatic rings. The molecule has 1 unspecified atom stereocenters. The molecule has 1 nitrogen and oxygen atoms in total. The van der Waals surface area contributed by atoms with Crippen LogP contribution in [0.1, 0.15) is 6.92 Å². The first-order valence-electron chi connectivity index (χ1n) is 3.30. The van der Waals surface area contributed by atoms with Crippen molar-refractivity contribution >= 4 is 0 Å². The minimum atomic E-state index is -4.41. The topological polar surface area (TPSA) is 9.23 Å². The van der Waals surface area contributed by atoms with Gasteiger partial charge in [0.25, 0.3) is 0 Å². The highest BCUT2D eigenvalue weighted by Gasteiger charge is 2.49. The largest absolute Gasteiger partial charge is 0.369 e. The molecule has 6 heteroatoms. The summed E-state index contributed by atoms with van der Waals surface area (Å²) in [7, 11) is 0. The van der Waals surface area contributed by atoms with Crippen LogP contribution in [0.4, 0.5) is 22.0 Å². The van der Waals surface area contributed by atoms with Gasteiger partial charge in [0.1, 0.15) is 6.67 Å². The van der Waals surface area contributed by atoms with E-state index in [4.69, 9.17) is 0 Å². The van der Waals surface area contributed by atoms with E-state index >= 15 is 0 Å². The van der Waals surface area contributed by atoms with Crippen LogP contribution in [-0.4, -0.2) is 31.7 Å². The molecule has 0 saturated heterocycles. The van der Waals surface area contributed by atoms with Crippen LogP contribution in [-0.2, 0) is 4.74 Å². The van der Waals surface area contributed by atoms with Crippen LogP contribution >= 0.6 is 0 Å². The zero-order chi connectivity index (χ0) is 9.78. The highest BCUT2D eigenvalue weighted by atomic mass is 19.3. The second-order valence-electron chi connectivity index (χ2n) is 2.07. The van der Waals surface area contributed by atoms with Crippen LogP contribution in [0.15, 0.2) is 0 Å². The third-order valence-electron chi connectivity index (χ3n) is 1.23. The van der Waals surface area contributed by atoms with Gasteiger partial charge in [-0.25, -0.2) is 13.2 Å². The first-order chi connectivity index (χ1) is 5.46. The summed E-state index contributed by atoms with van der Waals surface area (Å²) in [5.41, 5.74) is 0. The molecule has 12 heavy (non-hydrogen) atoms. The van der Waals surface area contributed by atoms with Gasteiger partial charge >= 0.3 is 12.3 Å². The van der Waals surface area contributed by atoms with Crippen molar-refractivity contribution in [2.24, 2.45) is 0 Å². The fraction of sp³-hybridized carbons (Fsp3) is 1.00. The van der Waals surface area contributed by atoms with E-state index in [-0.39, 0.29) is 6.61 Å². The maximum atomic E-state index is 12.3. The van der Waals surface area contributed by atoms with E-state index in [1.54, 1.807) is 0 Å². The van der Waals surface area contributed by atoms with Crippen LogP contribution in [0.5, 0.6) is 0 Å². The number of hydrogen-bond acceptors (Lipinski definition) is 1. The minimum absolute atomic E-state index is 0.225. The smallest absolute Gasteiger partial charge is 0.335 e. The molecule has 0 aromatic rings. The maximum Gasteiger partial charge on any atom is 0.335 e. The summed E-state index contributed by atoms with van der Waals surface area (Å²) in [6.07, 6.45) is -6.24. The summed E-state index contributed by atoms with van der Waals surface area (Å²) < 4.78 is 63.6. The molecule has 0 saturated carbocycles. The monoisotopic (exact) mass is 192 g/mol. The lowest BCUT2D eigenvalue weighted by atomic mass is 10.2. The quantitative estimate of drug-likeness (QED) is 0.607. The molecule has 0 aliphatic carbocycles. The lowest BCUT2D eigenvalue weighted by molar-refractivity contribution is -0.209. The van der Waals surface area contributed by atoms with Gasteiger partial charge in [0.15, 0.2) is 6.10 Å². The summed E-state index contributed by atoms with van der Waals surface area (Å²) >= 11 is 0. The van der Waals surface area contributed by atoms with Gasteiger partial charge in [-0.2, -0.15) is 8.78 Å². The minimum Gasteiger partial charge on any atom is -0.369 e. The SMILES string of the molecule is CCOC(CF)C(F)(F)C(F)F. The van der Waals surface area contributed by atoms with Crippen molar-refractivity contribution < 1.29 is 26.7 Å². The summed E-state index contributed by atoms with van der Waals surface area (Å²) in [4.78, 5) is 0. The van der Waals surface area contributed by atoms with E-state index in [0.29, 0.717) is 0 Å². The molecule has 0 aromatic heterocycles. The highest BCUT2D eigenvalue weighted by molar-refractivity contribution is 4.79. The van der Waals surface area contributed by atoms with E-state index in [1.165, 1.54) is 6.92 Å². The first-order valence-corrected chi connectivity index (χ1v) is 3.30. The Morgan fingerprint density at radius 2 is 1.83 bits per heavy atom. The summed E-state index contributed by atoms with van der Waals surface area (Å²) in [5, 5.41) is 0. The number of alkyl halides is 5. The van der Waals surface area contributed by atoms with Gasteiger partial charge in [-0.15, -0.1) is 0 Å². The van der Waals surface area contributed by atoms with E-state index in [9.17, 15) is 22.0 Å². The van der Waals surface area contributed by atoms with Gasteiger partial charge in [0.2, 0.25) is 0 Å². The van der Waals surface area contributed by atoms with E-state index in [0.717, 1.165) is 0 Å². The van der Waals surface area contributed by atoms with Gasteiger partial charge in [-0.3, -0.25) is 0 Å². The van der Waals surface area contributed by atoms with Gasteiger partial charge in [-0.05, 0) is 6.92 Å². The molecule has 74 valence electrons. The highest BCUT2D eigenvalue weighted by Crippen LogP contribution is 2.29. The van der Waals surface area contributed by atoms with E-state index in [2.05, 4.69) is 4.74 Å². The number of ether oxygens (including phenoxy) is 1. The third-order valence-corrected chi connectivity index (χ3v) is 1.23. The van der Waals surface area contributed by atoms with Crippen LogP contribution in [0, 0.1) is 0 Å². The Kier molecular flexibility index (Phi) is 4.44. The summed E-state index contributed by atoms with van der Waals surface area (Å²) in [6.45, 7) is -0.522. The molecule has 0 aliphatic heterocycles. The third kappa shape index (κ3) is 2.58. The lowest BCUT2D eigenvalue weighted by Crippen LogP contribution is -2.43. The predicted molar refractivity (Wildman–Crippen MR) is 32.3 cm³/mol. The molecule has 0 spiro atoms. The molecule has 0 amide bonds. The van der Waals surface area contributed by atoms with Gasteiger partial charge in [-0.1, -0.05) is 0 Å². The molecule has 0 rings (SSSR count). The van der Waals surface area contributed by atoms with Crippen molar-refractivity contribution in [2.75, 3.05) is 13.3 Å². The molecule has 0 radical (unpaired) electrons. The van der Waals surface area contributed by atoms with Crippen molar-refractivity contribution in [3.63, 3.8) is 0 Å². The fourth-order valence-corrected chi connectivity index (χ4v) is 0.600. The standard InChI is InChI=1S/C6H9F5O/c1-2-12-4(3-7)6(10,11)5(8)9/h4-5H,2-3H2,1H3. The van der Waals surface area contributed by atoms with Gasteiger partial charge in [0, 0.05) is 6.61 Å². The number of halogens is 5. The molecule has 0 fully saturated rings. The zero-order valence-corrected chi connectivity index (χ0v) is 6.37. The Labute approximate surface area is 66.5 Å². The normalized spacial score (nSPS) is 15.2. The lowest BCUT2D eigenvalue weighted by Gasteiger charge is -2.23. The second-order valence-corrected chi connectivity index (χ2v) is 2.07. The van der Waals surface area contributed by atoms with Crippen LogP contribution < -0.4 is 0 Å².